The van der Waals surface area contributed by atoms with Crippen LogP contribution in [0.15, 0.2) is 22.3 Å². The molecule has 0 saturated carbocycles. The number of thioether (sulfide) groups is 1. The van der Waals surface area contributed by atoms with Gasteiger partial charge in [-0.2, -0.15) is 4.98 Å². The molecule has 8 nitrogen and oxygen atoms in total. The van der Waals surface area contributed by atoms with Crippen molar-refractivity contribution in [1.29, 1.82) is 0 Å². The number of hydrogen-bond donors (Lipinski definition) is 0. The maximum Gasteiger partial charge on any atom is 0.232 e. The van der Waals surface area contributed by atoms with Crippen LogP contribution in [-0.4, -0.2) is 44.8 Å². The highest BCUT2D eigenvalue weighted by Gasteiger charge is 2.33. The fourth-order valence-corrected chi connectivity index (χ4v) is 5.29. The van der Waals surface area contributed by atoms with Crippen LogP contribution in [0.1, 0.15) is 50.6 Å². The second kappa shape index (κ2) is 7.15. The summed E-state index contributed by atoms with van der Waals surface area (Å²) in [6, 6.07) is 0. The van der Waals surface area contributed by atoms with Crippen LogP contribution >= 0.6 is 11.8 Å². The van der Waals surface area contributed by atoms with E-state index < -0.39 is 9.84 Å². The minimum Gasteiger partial charge on any atom is -0.339 e. The first-order valence-corrected chi connectivity index (χ1v) is 11.2. The summed E-state index contributed by atoms with van der Waals surface area (Å²) < 4.78 is 30.8. The molecule has 2 aromatic heterocycles. The first kappa shape index (κ1) is 19.1. The molecule has 1 aliphatic heterocycles. The van der Waals surface area contributed by atoms with Gasteiger partial charge < -0.3 is 9.09 Å². The van der Waals surface area contributed by atoms with E-state index in [9.17, 15) is 8.42 Å². The van der Waals surface area contributed by atoms with Gasteiger partial charge in [0.25, 0.3) is 0 Å². The van der Waals surface area contributed by atoms with E-state index in [-0.39, 0.29) is 22.8 Å². The van der Waals surface area contributed by atoms with Crippen LogP contribution in [0.4, 0.5) is 0 Å². The number of aromatic nitrogens is 5. The highest BCUT2D eigenvalue weighted by molar-refractivity contribution is 7.98. The first-order valence-electron chi connectivity index (χ1n) is 8.40. The Kier molecular flexibility index (Phi) is 5.25. The van der Waals surface area contributed by atoms with Gasteiger partial charge in [-0.1, -0.05) is 43.8 Å². The van der Waals surface area contributed by atoms with Crippen LogP contribution in [-0.2, 0) is 27.5 Å². The number of nitrogens with zero attached hydrogens (tertiary/aromatic N) is 5. The molecule has 3 rings (SSSR count). The number of allylic oxidation sites excluding steroid dienone is 1. The molecule has 1 saturated heterocycles. The zero-order valence-corrected chi connectivity index (χ0v) is 16.8. The Morgan fingerprint density at radius 1 is 1.38 bits per heavy atom. The van der Waals surface area contributed by atoms with E-state index >= 15 is 0 Å². The molecule has 1 atom stereocenters. The Morgan fingerprint density at radius 3 is 2.73 bits per heavy atom. The van der Waals surface area contributed by atoms with Gasteiger partial charge in [0.15, 0.2) is 20.8 Å². The second-order valence-corrected chi connectivity index (χ2v) is 10.6. The number of sulfone groups is 1. The van der Waals surface area contributed by atoms with Crippen molar-refractivity contribution >= 4 is 21.6 Å². The average Bonchev–Trinajstić information content (AvgIpc) is 3.23. The highest BCUT2D eigenvalue weighted by Crippen LogP contribution is 2.31. The Bertz CT molecular complexity index is 895. The summed E-state index contributed by atoms with van der Waals surface area (Å²) in [5, 5.41) is 13.2. The summed E-state index contributed by atoms with van der Waals surface area (Å²) in [6.07, 6.45) is 2.34. The largest absolute Gasteiger partial charge is 0.339 e. The third-order valence-corrected chi connectivity index (χ3v) is 6.83. The van der Waals surface area contributed by atoms with Gasteiger partial charge in [-0.15, -0.1) is 16.8 Å². The van der Waals surface area contributed by atoms with Gasteiger partial charge in [0, 0.05) is 17.9 Å². The summed E-state index contributed by atoms with van der Waals surface area (Å²) >= 11 is 1.45. The van der Waals surface area contributed by atoms with Crippen molar-refractivity contribution in [3.05, 3.63) is 30.2 Å². The monoisotopic (exact) mass is 397 g/mol. The fraction of sp³-hybridized carbons (Fsp3) is 0.625. The normalized spacial score (nSPS) is 19.7. The lowest BCUT2D eigenvalue weighted by Gasteiger charge is -2.11. The van der Waals surface area contributed by atoms with E-state index in [2.05, 4.69) is 26.9 Å². The van der Waals surface area contributed by atoms with Gasteiger partial charge in [0.2, 0.25) is 5.89 Å². The van der Waals surface area contributed by atoms with Gasteiger partial charge in [0.1, 0.15) is 5.82 Å². The van der Waals surface area contributed by atoms with Gasteiger partial charge >= 0.3 is 0 Å². The molecule has 0 spiro atoms. The molecule has 26 heavy (non-hydrogen) atoms. The minimum atomic E-state index is -2.98. The van der Waals surface area contributed by atoms with Crippen molar-refractivity contribution in [2.75, 3.05) is 11.5 Å². The SMILES string of the molecule is C=CCn1c(SCc2noc(C(C)(C)C)n2)nnc1C1CCS(=O)(=O)C1. The zero-order valence-electron chi connectivity index (χ0n) is 15.2. The highest BCUT2D eigenvalue weighted by atomic mass is 32.2. The molecular formula is C16H23N5O3S2. The smallest absolute Gasteiger partial charge is 0.232 e. The predicted molar refractivity (Wildman–Crippen MR) is 98.8 cm³/mol. The quantitative estimate of drug-likeness (QED) is 0.540. The van der Waals surface area contributed by atoms with Crippen molar-refractivity contribution in [2.24, 2.45) is 0 Å². The number of hydrogen-bond acceptors (Lipinski definition) is 8. The Morgan fingerprint density at radius 2 is 2.15 bits per heavy atom. The van der Waals surface area contributed by atoms with Crippen LogP contribution in [0.5, 0.6) is 0 Å². The molecular weight excluding hydrogens is 374 g/mol. The lowest BCUT2D eigenvalue weighted by atomic mass is 9.97. The molecule has 3 heterocycles. The van der Waals surface area contributed by atoms with Crippen LogP contribution in [0, 0.1) is 0 Å². The summed E-state index contributed by atoms with van der Waals surface area (Å²) in [5.41, 5.74) is -0.195. The average molecular weight is 398 g/mol. The topological polar surface area (TPSA) is 104 Å². The summed E-state index contributed by atoms with van der Waals surface area (Å²) in [7, 11) is -2.98. The Labute approximate surface area is 157 Å². The van der Waals surface area contributed by atoms with E-state index in [4.69, 9.17) is 4.52 Å². The molecule has 1 aliphatic rings. The molecule has 142 valence electrons. The lowest BCUT2D eigenvalue weighted by molar-refractivity contribution is 0.319. The van der Waals surface area contributed by atoms with Crippen LogP contribution in [0.25, 0.3) is 0 Å². The van der Waals surface area contributed by atoms with E-state index in [1.165, 1.54) is 11.8 Å². The van der Waals surface area contributed by atoms with Gasteiger partial charge in [0.05, 0.1) is 17.3 Å². The molecule has 1 fully saturated rings. The summed E-state index contributed by atoms with van der Waals surface area (Å²) in [4.78, 5) is 4.42. The molecule has 0 aliphatic carbocycles. The van der Waals surface area contributed by atoms with Crippen molar-refractivity contribution in [1.82, 2.24) is 24.9 Å². The van der Waals surface area contributed by atoms with Crippen molar-refractivity contribution in [2.45, 2.75) is 56.0 Å². The number of rotatable bonds is 6. The summed E-state index contributed by atoms with van der Waals surface area (Å²) in [5.74, 6) is 2.62. The van der Waals surface area contributed by atoms with E-state index in [1.807, 2.05) is 25.3 Å². The first-order chi connectivity index (χ1) is 12.2. The molecule has 0 radical (unpaired) electrons. The fourth-order valence-electron chi connectivity index (χ4n) is 2.75. The molecule has 0 amide bonds. The molecule has 0 bridgehead atoms. The van der Waals surface area contributed by atoms with E-state index in [0.29, 0.717) is 41.4 Å². The van der Waals surface area contributed by atoms with Gasteiger partial charge in [-0.25, -0.2) is 8.42 Å². The minimum absolute atomic E-state index is 0.112. The van der Waals surface area contributed by atoms with Crippen LogP contribution < -0.4 is 0 Å². The molecule has 10 heteroatoms. The Balaban J connectivity index is 1.76. The van der Waals surface area contributed by atoms with Crippen molar-refractivity contribution in [3.8, 4) is 0 Å². The predicted octanol–water partition coefficient (Wildman–Crippen LogP) is 2.34. The van der Waals surface area contributed by atoms with Gasteiger partial charge in [-0.3, -0.25) is 0 Å². The van der Waals surface area contributed by atoms with Crippen molar-refractivity contribution in [3.63, 3.8) is 0 Å². The second-order valence-electron chi connectivity index (χ2n) is 7.39. The van der Waals surface area contributed by atoms with Crippen LogP contribution in [0.2, 0.25) is 0 Å². The van der Waals surface area contributed by atoms with Crippen LogP contribution in [0.3, 0.4) is 0 Å². The standard InChI is InChI=1S/C16H23N5O3S2/c1-5-7-21-13(11-6-8-26(22,23)10-11)18-19-15(21)25-9-12-17-14(24-20-12)16(2,3)4/h5,11H,1,6-10H2,2-4H3. The zero-order chi connectivity index (χ0) is 18.9. The van der Waals surface area contributed by atoms with E-state index in [0.717, 1.165) is 0 Å². The molecule has 0 N–H and O–H groups in total. The molecule has 0 aromatic carbocycles. The van der Waals surface area contributed by atoms with E-state index in [1.54, 1.807) is 6.08 Å². The summed E-state index contributed by atoms with van der Waals surface area (Å²) in [6.45, 7) is 10.3. The maximum absolute atomic E-state index is 11.8. The Hall–Kier alpha value is -1.68. The third kappa shape index (κ3) is 4.17. The maximum atomic E-state index is 11.8. The molecule has 1 unspecified atom stereocenters. The third-order valence-electron chi connectivity index (χ3n) is 4.09. The van der Waals surface area contributed by atoms with Crippen molar-refractivity contribution < 1.29 is 12.9 Å². The van der Waals surface area contributed by atoms with Gasteiger partial charge in [-0.05, 0) is 6.42 Å². The molecule has 2 aromatic rings. The lowest BCUT2D eigenvalue weighted by Crippen LogP contribution is -2.11.